The highest BCUT2D eigenvalue weighted by Gasteiger charge is 2.14. The summed E-state index contributed by atoms with van der Waals surface area (Å²) in [6, 6.07) is 16.1. The number of nitrogens with one attached hydrogen (secondary N) is 1. The van der Waals surface area contributed by atoms with Gasteiger partial charge in [0.25, 0.3) is 11.6 Å². The van der Waals surface area contributed by atoms with Crippen molar-refractivity contribution in [3.05, 3.63) is 98.6 Å². The lowest BCUT2D eigenvalue weighted by Crippen LogP contribution is -2.17. The molecule has 0 heterocycles. The summed E-state index contributed by atoms with van der Waals surface area (Å²) in [7, 11) is 1.40. The van der Waals surface area contributed by atoms with Crippen molar-refractivity contribution >= 4 is 35.4 Å². The minimum absolute atomic E-state index is 0.133. The topological polar surface area (TPSA) is 120 Å². The van der Waals surface area contributed by atoms with Gasteiger partial charge in [-0.2, -0.15) is 5.10 Å². The third kappa shape index (κ3) is 5.67. The molecule has 0 bridgehead atoms. The van der Waals surface area contributed by atoms with E-state index in [9.17, 15) is 19.7 Å². The highest BCUT2D eigenvalue weighted by molar-refractivity contribution is 6.30. The smallest absolute Gasteiger partial charge is 0.343 e. The zero-order chi connectivity index (χ0) is 23.1. The summed E-state index contributed by atoms with van der Waals surface area (Å²) in [5.41, 5.74) is 3.39. The summed E-state index contributed by atoms with van der Waals surface area (Å²) < 4.78 is 10.6. The van der Waals surface area contributed by atoms with Gasteiger partial charge >= 0.3 is 5.97 Å². The van der Waals surface area contributed by atoms with E-state index in [2.05, 4.69) is 10.5 Å². The molecule has 0 radical (unpaired) electrons. The van der Waals surface area contributed by atoms with Crippen LogP contribution in [-0.2, 0) is 0 Å². The number of ether oxygens (including phenoxy) is 2. The first-order chi connectivity index (χ1) is 15.4. The van der Waals surface area contributed by atoms with Crippen molar-refractivity contribution in [1.29, 1.82) is 0 Å². The van der Waals surface area contributed by atoms with Crippen LogP contribution in [0.1, 0.15) is 26.3 Å². The summed E-state index contributed by atoms with van der Waals surface area (Å²) >= 11 is 5.80. The van der Waals surface area contributed by atoms with E-state index in [1.165, 1.54) is 43.7 Å². The predicted molar refractivity (Wildman–Crippen MR) is 118 cm³/mol. The minimum atomic E-state index is -0.699. The molecule has 0 unspecified atom stereocenters. The fraction of sp³-hybridized carbons (Fsp3) is 0.0455. The number of amides is 1. The Hall–Kier alpha value is -4.24. The number of rotatable bonds is 7. The third-order valence-corrected chi connectivity index (χ3v) is 4.44. The second-order valence-electron chi connectivity index (χ2n) is 6.31. The molecule has 0 aromatic heterocycles. The number of hydrogen-bond donors (Lipinski definition) is 1. The fourth-order valence-corrected chi connectivity index (χ4v) is 2.68. The lowest BCUT2D eigenvalue weighted by molar-refractivity contribution is -0.384. The molecule has 0 aliphatic rings. The second-order valence-corrected chi connectivity index (χ2v) is 6.75. The van der Waals surface area contributed by atoms with Crippen LogP contribution in [-0.4, -0.2) is 30.1 Å². The van der Waals surface area contributed by atoms with E-state index in [-0.39, 0.29) is 22.7 Å². The monoisotopic (exact) mass is 453 g/mol. The first-order valence-electron chi connectivity index (χ1n) is 9.11. The second kappa shape index (κ2) is 10.2. The van der Waals surface area contributed by atoms with Crippen molar-refractivity contribution in [2.75, 3.05) is 7.11 Å². The van der Waals surface area contributed by atoms with Crippen LogP contribution in [0, 0.1) is 10.1 Å². The molecular formula is C22H16ClN3O6. The van der Waals surface area contributed by atoms with Crippen molar-refractivity contribution in [1.82, 2.24) is 5.43 Å². The van der Waals surface area contributed by atoms with Crippen LogP contribution in [0.2, 0.25) is 5.02 Å². The molecule has 32 heavy (non-hydrogen) atoms. The molecule has 10 heteroatoms. The van der Waals surface area contributed by atoms with E-state index >= 15 is 0 Å². The summed E-state index contributed by atoms with van der Waals surface area (Å²) in [6.45, 7) is 0. The fourth-order valence-electron chi connectivity index (χ4n) is 2.56. The van der Waals surface area contributed by atoms with Gasteiger partial charge in [-0.1, -0.05) is 11.6 Å². The normalized spacial score (nSPS) is 10.6. The molecule has 0 spiro atoms. The molecule has 9 nitrogen and oxygen atoms in total. The van der Waals surface area contributed by atoms with Crippen LogP contribution in [0.3, 0.4) is 0 Å². The Morgan fingerprint density at radius 1 is 1.00 bits per heavy atom. The standard InChI is InChI=1S/C22H16ClN3O6/c1-31-20-12-14(13-24-25-21(27)15-3-7-17(23)8-4-15)2-11-19(20)32-22(28)16-5-9-18(10-6-16)26(29)30/h2-13H,1H3,(H,25,27)/b24-13+. The number of hydrogen-bond acceptors (Lipinski definition) is 7. The Balaban J connectivity index is 1.66. The number of nitro benzene ring substituents is 1. The number of halogens is 1. The van der Waals surface area contributed by atoms with Crippen molar-refractivity contribution in [3.8, 4) is 11.5 Å². The highest BCUT2D eigenvalue weighted by atomic mass is 35.5. The maximum atomic E-state index is 12.3. The van der Waals surface area contributed by atoms with E-state index < -0.39 is 16.8 Å². The first kappa shape index (κ1) is 22.4. The number of benzene rings is 3. The molecule has 0 saturated heterocycles. The van der Waals surface area contributed by atoms with Gasteiger partial charge in [0.2, 0.25) is 0 Å². The van der Waals surface area contributed by atoms with E-state index in [0.29, 0.717) is 16.1 Å². The number of carbonyl (C=O) groups is 2. The Kier molecular flexibility index (Phi) is 7.14. The highest BCUT2D eigenvalue weighted by Crippen LogP contribution is 2.28. The van der Waals surface area contributed by atoms with Gasteiger partial charge in [-0.25, -0.2) is 10.2 Å². The van der Waals surface area contributed by atoms with Crippen LogP contribution in [0.25, 0.3) is 0 Å². The number of esters is 1. The van der Waals surface area contributed by atoms with Crippen LogP contribution >= 0.6 is 11.6 Å². The van der Waals surface area contributed by atoms with Gasteiger partial charge in [-0.05, 0) is 60.2 Å². The lowest BCUT2D eigenvalue weighted by Gasteiger charge is -2.10. The van der Waals surface area contributed by atoms with Gasteiger partial charge in [-0.3, -0.25) is 14.9 Å². The maximum Gasteiger partial charge on any atom is 0.343 e. The number of non-ortho nitro benzene ring substituents is 1. The molecule has 0 aliphatic heterocycles. The zero-order valence-electron chi connectivity index (χ0n) is 16.7. The number of carbonyl (C=O) groups excluding carboxylic acids is 2. The largest absolute Gasteiger partial charge is 0.493 e. The Labute approximate surface area is 187 Å². The predicted octanol–water partition coefficient (Wildman–Crippen LogP) is 4.24. The average Bonchev–Trinajstić information content (AvgIpc) is 2.80. The van der Waals surface area contributed by atoms with Crippen LogP contribution in [0.15, 0.2) is 71.8 Å². The number of hydrazone groups is 1. The summed E-state index contributed by atoms with van der Waals surface area (Å²) in [6.07, 6.45) is 1.40. The van der Waals surface area contributed by atoms with Gasteiger partial charge in [-0.15, -0.1) is 0 Å². The molecule has 0 aliphatic carbocycles. The quantitative estimate of drug-likeness (QED) is 0.188. The molecular weight excluding hydrogens is 438 g/mol. The molecule has 162 valence electrons. The molecule has 3 aromatic rings. The molecule has 0 fully saturated rings. The Bertz CT molecular complexity index is 1180. The molecule has 0 atom stereocenters. The van der Waals surface area contributed by atoms with Gasteiger partial charge in [0, 0.05) is 22.7 Å². The number of methoxy groups -OCH3 is 1. The third-order valence-electron chi connectivity index (χ3n) is 4.19. The summed E-state index contributed by atoms with van der Waals surface area (Å²) in [5, 5.41) is 15.1. The maximum absolute atomic E-state index is 12.3. The number of nitro groups is 1. The van der Waals surface area contributed by atoms with Crippen molar-refractivity contribution in [2.45, 2.75) is 0 Å². The van der Waals surface area contributed by atoms with E-state index in [1.54, 1.807) is 36.4 Å². The van der Waals surface area contributed by atoms with E-state index in [1.807, 2.05) is 0 Å². The molecule has 3 aromatic carbocycles. The van der Waals surface area contributed by atoms with E-state index in [4.69, 9.17) is 21.1 Å². The summed E-state index contributed by atoms with van der Waals surface area (Å²) in [5.74, 6) is -0.695. The van der Waals surface area contributed by atoms with E-state index in [0.717, 1.165) is 0 Å². The molecule has 3 rings (SSSR count). The molecule has 0 saturated carbocycles. The number of nitrogens with zero attached hydrogens (tertiary/aromatic N) is 2. The molecule has 1 N–H and O–H groups in total. The van der Waals surface area contributed by atoms with Crippen molar-refractivity contribution < 1.29 is 24.0 Å². The SMILES string of the molecule is COc1cc(/C=N/NC(=O)c2ccc(Cl)cc2)ccc1OC(=O)c1ccc([N+](=O)[O-])cc1. The Morgan fingerprint density at radius 3 is 2.28 bits per heavy atom. The van der Waals surface area contributed by atoms with Crippen molar-refractivity contribution in [3.63, 3.8) is 0 Å². The van der Waals surface area contributed by atoms with Gasteiger partial charge in [0.1, 0.15) is 0 Å². The van der Waals surface area contributed by atoms with Gasteiger partial charge in [0.15, 0.2) is 11.5 Å². The van der Waals surface area contributed by atoms with Gasteiger partial charge in [0.05, 0.1) is 23.8 Å². The van der Waals surface area contributed by atoms with Gasteiger partial charge < -0.3 is 9.47 Å². The zero-order valence-corrected chi connectivity index (χ0v) is 17.4. The minimum Gasteiger partial charge on any atom is -0.493 e. The van der Waals surface area contributed by atoms with Crippen LogP contribution in [0.5, 0.6) is 11.5 Å². The summed E-state index contributed by atoms with van der Waals surface area (Å²) in [4.78, 5) is 34.5. The van der Waals surface area contributed by atoms with Crippen LogP contribution < -0.4 is 14.9 Å². The lowest BCUT2D eigenvalue weighted by atomic mass is 10.2. The first-order valence-corrected chi connectivity index (χ1v) is 9.49. The average molecular weight is 454 g/mol. The van der Waals surface area contributed by atoms with Crippen LogP contribution in [0.4, 0.5) is 5.69 Å². The molecule has 1 amide bonds. The van der Waals surface area contributed by atoms with Crippen molar-refractivity contribution in [2.24, 2.45) is 5.10 Å². The Morgan fingerprint density at radius 2 is 1.66 bits per heavy atom.